The number of carbonyl (C=O) groups excluding carboxylic acids is 4. The van der Waals surface area contributed by atoms with Crippen molar-refractivity contribution < 1.29 is 47.6 Å². The maximum absolute atomic E-state index is 12.9. The molecule has 0 atom stereocenters. The Kier molecular flexibility index (Phi) is 10.3. The number of esters is 2. The van der Waals surface area contributed by atoms with Crippen LogP contribution < -0.4 is 20.1 Å². The Morgan fingerprint density at radius 3 is 1.40 bits per heavy atom. The van der Waals surface area contributed by atoms with Gasteiger partial charge in [0.15, 0.2) is 11.5 Å². The lowest BCUT2D eigenvalue weighted by molar-refractivity contribution is 0.0517. The van der Waals surface area contributed by atoms with Gasteiger partial charge in [0.2, 0.25) is 0 Å². The molecule has 0 saturated carbocycles. The van der Waals surface area contributed by atoms with Gasteiger partial charge in [0.1, 0.15) is 34.4 Å². The van der Waals surface area contributed by atoms with Crippen LogP contribution in [0.5, 0.6) is 11.5 Å². The summed E-state index contributed by atoms with van der Waals surface area (Å²) in [5.74, 6) is -0.308. The van der Waals surface area contributed by atoms with Crippen molar-refractivity contribution in [2.45, 2.75) is 66.6 Å². The van der Waals surface area contributed by atoms with Crippen molar-refractivity contribution in [1.29, 1.82) is 0 Å². The van der Waals surface area contributed by atoms with E-state index in [2.05, 4.69) is 10.6 Å². The molecule has 0 saturated heterocycles. The standard InChI is InChI=1S/C30H36N2O10S3/c1-9-37-25(33)15-13-17(43-23(15)31-27(35)41-29(3,4)5)21-19-20(40-12-11-39-19)22(45-21)18-14-16(26(34)38-10-2)24(44-18)32-28(36)42-30(6,7)8/h13-14H,9-12H2,1-8H3,(H,31,35)(H,32,36). The summed E-state index contributed by atoms with van der Waals surface area (Å²) in [4.78, 5) is 53.5. The van der Waals surface area contributed by atoms with Gasteiger partial charge in [0.05, 0.1) is 43.8 Å². The molecule has 0 unspecified atom stereocenters. The number of thiophene rings is 3. The molecular weight excluding hydrogens is 645 g/mol. The Balaban J connectivity index is 1.79. The number of rotatable bonds is 8. The summed E-state index contributed by atoms with van der Waals surface area (Å²) in [5.41, 5.74) is -1.18. The summed E-state index contributed by atoms with van der Waals surface area (Å²) in [6.07, 6.45) is -1.44. The first-order valence-electron chi connectivity index (χ1n) is 14.1. The maximum atomic E-state index is 12.9. The van der Waals surface area contributed by atoms with Crippen LogP contribution in [-0.2, 0) is 18.9 Å². The van der Waals surface area contributed by atoms with Crippen molar-refractivity contribution in [1.82, 2.24) is 0 Å². The summed E-state index contributed by atoms with van der Waals surface area (Å²) in [5, 5.41) is 5.85. The molecule has 1 aliphatic heterocycles. The number of hydrogen-bond donors (Lipinski definition) is 2. The first-order valence-corrected chi connectivity index (χ1v) is 16.6. The Labute approximate surface area is 272 Å². The quantitative estimate of drug-likeness (QED) is 0.177. The first kappa shape index (κ1) is 34.1. The van der Waals surface area contributed by atoms with Crippen molar-refractivity contribution in [3.05, 3.63) is 23.3 Å². The van der Waals surface area contributed by atoms with E-state index in [9.17, 15) is 19.2 Å². The van der Waals surface area contributed by atoms with E-state index >= 15 is 0 Å². The lowest BCUT2D eigenvalue weighted by atomic mass is 10.2. The Bertz CT molecular complexity index is 1480. The zero-order valence-corrected chi connectivity index (χ0v) is 28.7. The first-order chi connectivity index (χ1) is 21.1. The fourth-order valence-corrected chi connectivity index (χ4v) is 7.43. The van der Waals surface area contributed by atoms with Crippen molar-refractivity contribution in [2.24, 2.45) is 0 Å². The van der Waals surface area contributed by atoms with Gasteiger partial charge in [-0.3, -0.25) is 10.6 Å². The Hall–Kier alpha value is -3.82. The van der Waals surface area contributed by atoms with Gasteiger partial charge in [0.25, 0.3) is 0 Å². The molecule has 4 heterocycles. The average Bonchev–Trinajstić information content (AvgIpc) is 3.62. The van der Waals surface area contributed by atoms with Gasteiger partial charge >= 0.3 is 24.1 Å². The number of fused-ring (bicyclic) bond motifs is 1. The molecule has 4 rings (SSSR count). The number of carbonyl (C=O) groups is 4. The second-order valence-electron chi connectivity index (χ2n) is 11.5. The van der Waals surface area contributed by atoms with Crippen LogP contribution in [0, 0.1) is 0 Å². The van der Waals surface area contributed by atoms with Crippen LogP contribution in [0.2, 0.25) is 0 Å². The number of nitrogens with one attached hydrogen (secondary N) is 2. The van der Waals surface area contributed by atoms with Crippen LogP contribution in [0.25, 0.3) is 19.5 Å². The third-order valence-corrected chi connectivity index (χ3v) is 9.14. The molecular formula is C30H36N2O10S3. The molecule has 2 amide bonds. The van der Waals surface area contributed by atoms with E-state index in [0.29, 0.717) is 44.2 Å². The van der Waals surface area contributed by atoms with Gasteiger partial charge < -0.3 is 28.4 Å². The van der Waals surface area contributed by atoms with E-state index in [1.54, 1.807) is 67.5 Å². The topological polar surface area (TPSA) is 148 Å². The van der Waals surface area contributed by atoms with Gasteiger partial charge in [-0.2, -0.15) is 0 Å². The minimum atomic E-state index is -0.749. The minimum Gasteiger partial charge on any atom is -0.485 e. The molecule has 12 nitrogen and oxygen atoms in total. The molecule has 0 spiro atoms. The van der Waals surface area contributed by atoms with Crippen LogP contribution in [0.1, 0.15) is 76.1 Å². The highest BCUT2D eigenvalue weighted by Gasteiger charge is 2.32. The van der Waals surface area contributed by atoms with Gasteiger partial charge in [-0.1, -0.05) is 0 Å². The van der Waals surface area contributed by atoms with Crippen LogP contribution >= 0.6 is 34.0 Å². The summed E-state index contributed by atoms with van der Waals surface area (Å²) in [6, 6.07) is 3.24. The third-order valence-electron chi connectivity index (χ3n) is 5.53. The maximum Gasteiger partial charge on any atom is 0.412 e. The normalized spacial score (nSPS) is 12.7. The van der Waals surface area contributed by atoms with Crippen molar-refractivity contribution >= 4 is 68.1 Å². The van der Waals surface area contributed by atoms with Gasteiger partial charge in [-0.25, -0.2) is 19.2 Å². The summed E-state index contributed by atoms with van der Waals surface area (Å²) < 4.78 is 33.4. The van der Waals surface area contributed by atoms with Crippen LogP contribution in [0.3, 0.4) is 0 Å². The molecule has 15 heteroatoms. The number of amides is 2. The second kappa shape index (κ2) is 13.7. The Morgan fingerprint density at radius 1 is 0.689 bits per heavy atom. The van der Waals surface area contributed by atoms with Crippen molar-refractivity contribution in [2.75, 3.05) is 37.1 Å². The highest BCUT2D eigenvalue weighted by molar-refractivity contribution is 7.29. The van der Waals surface area contributed by atoms with E-state index < -0.39 is 35.3 Å². The molecule has 45 heavy (non-hydrogen) atoms. The predicted octanol–water partition coefficient (Wildman–Crippen LogP) is 8.02. The third kappa shape index (κ3) is 8.47. The SMILES string of the molecule is CCOC(=O)c1cc(-c2sc(-c3cc(C(=O)OCC)c(NC(=O)OC(C)(C)C)s3)c3c2OCCO3)sc1NC(=O)OC(C)(C)C. The smallest absolute Gasteiger partial charge is 0.412 e. The summed E-state index contributed by atoms with van der Waals surface area (Å²) >= 11 is 3.62. The number of anilines is 2. The minimum absolute atomic E-state index is 0.145. The molecule has 3 aromatic heterocycles. The van der Waals surface area contributed by atoms with E-state index in [0.717, 1.165) is 22.7 Å². The zero-order chi connectivity index (χ0) is 33.1. The van der Waals surface area contributed by atoms with E-state index in [4.69, 9.17) is 28.4 Å². The van der Waals surface area contributed by atoms with E-state index in [1.165, 1.54) is 11.3 Å². The molecule has 0 aliphatic carbocycles. The monoisotopic (exact) mass is 680 g/mol. The Morgan fingerprint density at radius 2 is 1.07 bits per heavy atom. The fraction of sp³-hybridized carbons (Fsp3) is 0.467. The lowest BCUT2D eigenvalue weighted by Crippen LogP contribution is -2.27. The van der Waals surface area contributed by atoms with Crippen LogP contribution in [0.15, 0.2) is 12.1 Å². The molecule has 3 aromatic rings. The second-order valence-corrected chi connectivity index (χ2v) is 14.6. The molecule has 0 radical (unpaired) electrons. The van der Waals surface area contributed by atoms with Crippen molar-refractivity contribution in [3.63, 3.8) is 0 Å². The predicted molar refractivity (Wildman–Crippen MR) is 174 cm³/mol. The van der Waals surface area contributed by atoms with E-state index in [-0.39, 0.29) is 34.3 Å². The molecule has 0 aromatic carbocycles. The molecule has 0 bridgehead atoms. The van der Waals surface area contributed by atoms with Gasteiger partial charge in [0, 0.05) is 0 Å². The molecule has 1 aliphatic rings. The fourth-order valence-electron chi connectivity index (χ4n) is 3.98. The zero-order valence-electron chi connectivity index (χ0n) is 26.3. The molecule has 2 N–H and O–H groups in total. The highest BCUT2D eigenvalue weighted by Crippen LogP contribution is 2.57. The van der Waals surface area contributed by atoms with Crippen molar-refractivity contribution in [3.8, 4) is 31.0 Å². The van der Waals surface area contributed by atoms with Gasteiger partial charge in [-0.15, -0.1) is 34.0 Å². The summed E-state index contributed by atoms with van der Waals surface area (Å²) in [7, 11) is 0. The average molecular weight is 681 g/mol. The summed E-state index contributed by atoms with van der Waals surface area (Å²) in [6.45, 7) is 14.7. The number of hydrogen-bond acceptors (Lipinski definition) is 13. The van der Waals surface area contributed by atoms with Crippen LogP contribution in [-0.4, -0.2) is 61.8 Å². The van der Waals surface area contributed by atoms with E-state index in [1.807, 2.05) is 0 Å². The molecule has 0 fully saturated rings. The van der Waals surface area contributed by atoms with Gasteiger partial charge in [-0.05, 0) is 67.5 Å². The van der Waals surface area contributed by atoms with Crippen LogP contribution in [0.4, 0.5) is 19.6 Å². The largest absolute Gasteiger partial charge is 0.485 e. The lowest BCUT2D eigenvalue weighted by Gasteiger charge is -2.19. The number of ether oxygens (including phenoxy) is 6. The highest BCUT2D eigenvalue weighted by atomic mass is 32.1. The molecule has 244 valence electrons.